The molecule has 0 radical (unpaired) electrons. The molecule has 0 aliphatic rings. The zero-order valence-corrected chi connectivity index (χ0v) is 15.1. The van der Waals surface area contributed by atoms with Gasteiger partial charge in [-0.05, 0) is 50.1 Å². The monoisotopic (exact) mass is 352 g/mol. The fourth-order valence-electron chi connectivity index (χ4n) is 2.47. The van der Waals surface area contributed by atoms with Crippen LogP contribution in [0.2, 0.25) is 5.02 Å². The predicted molar refractivity (Wildman–Crippen MR) is 105 cm³/mol. The van der Waals surface area contributed by atoms with Crippen LogP contribution < -0.4 is 10.6 Å². The summed E-state index contributed by atoms with van der Waals surface area (Å²) in [5.74, 6) is 1.41. The van der Waals surface area contributed by atoms with Gasteiger partial charge in [0.2, 0.25) is 5.95 Å². The maximum absolute atomic E-state index is 5.91. The molecule has 2 N–H and O–H groups in total. The van der Waals surface area contributed by atoms with E-state index in [1.54, 1.807) is 0 Å². The van der Waals surface area contributed by atoms with E-state index in [2.05, 4.69) is 39.7 Å². The fourth-order valence-corrected chi connectivity index (χ4v) is 2.59. The van der Waals surface area contributed by atoms with Gasteiger partial charge in [0.25, 0.3) is 0 Å². The van der Waals surface area contributed by atoms with Crippen LogP contribution in [-0.4, -0.2) is 16.5 Å². The van der Waals surface area contributed by atoms with Gasteiger partial charge in [0, 0.05) is 29.0 Å². The number of aromatic nitrogens is 2. The molecule has 5 heteroatoms. The SMILES string of the molecule is Cc1ccc(Nc2nc(C)cc(NCCc3ccc(Cl)cc3)n2)cc1. The molecule has 0 bridgehead atoms. The van der Waals surface area contributed by atoms with Gasteiger partial charge in [-0.3, -0.25) is 0 Å². The first kappa shape index (κ1) is 17.2. The summed E-state index contributed by atoms with van der Waals surface area (Å²) in [7, 11) is 0. The lowest BCUT2D eigenvalue weighted by Gasteiger charge is -2.10. The Labute approximate surface area is 153 Å². The second kappa shape index (κ2) is 7.99. The van der Waals surface area contributed by atoms with Crippen LogP contribution in [0, 0.1) is 13.8 Å². The average Bonchev–Trinajstić information content (AvgIpc) is 2.58. The number of halogens is 1. The third-order valence-corrected chi connectivity index (χ3v) is 4.05. The Balaban J connectivity index is 1.62. The molecule has 0 unspecified atom stereocenters. The lowest BCUT2D eigenvalue weighted by atomic mass is 10.1. The molecular formula is C20H21ClN4. The van der Waals surface area contributed by atoms with Crippen molar-refractivity contribution in [2.24, 2.45) is 0 Å². The van der Waals surface area contributed by atoms with Gasteiger partial charge in [-0.15, -0.1) is 0 Å². The van der Waals surface area contributed by atoms with E-state index in [1.165, 1.54) is 11.1 Å². The van der Waals surface area contributed by atoms with Crippen molar-refractivity contribution in [1.82, 2.24) is 9.97 Å². The number of rotatable bonds is 6. The highest BCUT2D eigenvalue weighted by Crippen LogP contribution is 2.16. The molecule has 0 aliphatic heterocycles. The summed E-state index contributed by atoms with van der Waals surface area (Å²) in [5, 5.41) is 7.37. The normalized spacial score (nSPS) is 10.5. The summed E-state index contributed by atoms with van der Waals surface area (Å²) in [6.07, 6.45) is 0.904. The predicted octanol–water partition coefficient (Wildman–Crippen LogP) is 5.15. The van der Waals surface area contributed by atoms with Crippen molar-refractivity contribution in [2.45, 2.75) is 20.3 Å². The first-order chi connectivity index (χ1) is 12.1. The van der Waals surface area contributed by atoms with Crippen molar-refractivity contribution in [3.05, 3.63) is 76.4 Å². The molecule has 0 atom stereocenters. The van der Waals surface area contributed by atoms with Crippen LogP contribution in [0.25, 0.3) is 0 Å². The fraction of sp³-hybridized carbons (Fsp3) is 0.200. The van der Waals surface area contributed by atoms with Gasteiger partial charge in [0.05, 0.1) is 0 Å². The van der Waals surface area contributed by atoms with Crippen molar-refractivity contribution >= 4 is 29.1 Å². The molecule has 0 fully saturated rings. The van der Waals surface area contributed by atoms with Crippen molar-refractivity contribution in [1.29, 1.82) is 0 Å². The third kappa shape index (κ3) is 5.19. The maximum atomic E-state index is 5.91. The first-order valence-electron chi connectivity index (χ1n) is 8.26. The second-order valence-corrected chi connectivity index (χ2v) is 6.45. The lowest BCUT2D eigenvalue weighted by Crippen LogP contribution is -2.08. The van der Waals surface area contributed by atoms with Crippen molar-refractivity contribution < 1.29 is 0 Å². The molecule has 2 aromatic carbocycles. The van der Waals surface area contributed by atoms with E-state index >= 15 is 0 Å². The molecule has 0 aliphatic carbocycles. The van der Waals surface area contributed by atoms with Crippen molar-refractivity contribution in [3.63, 3.8) is 0 Å². The van der Waals surface area contributed by atoms with E-state index in [0.29, 0.717) is 5.95 Å². The highest BCUT2D eigenvalue weighted by Gasteiger charge is 2.03. The van der Waals surface area contributed by atoms with Crippen molar-refractivity contribution in [3.8, 4) is 0 Å². The van der Waals surface area contributed by atoms with E-state index in [9.17, 15) is 0 Å². The number of hydrogen-bond donors (Lipinski definition) is 2. The van der Waals surface area contributed by atoms with Crippen molar-refractivity contribution in [2.75, 3.05) is 17.2 Å². The molecule has 25 heavy (non-hydrogen) atoms. The van der Waals surface area contributed by atoms with Crippen LogP contribution >= 0.6 is 11.6 Å². The highest BCUT2D eigenvalue weighted by atomic mass is 35.5. The number of hydrogen-bond acceptors (Lipinski definition) is 4. The second-order valence-electron chi connectivity index (χ2n) is 6.01. The van der Waals surface area contributed by atoms with Gasteiger partial charge in [-0.25, -0.2) is 4.98 Å². The standard InChI is InChI=1S/C20H21ClN4/c1-14-3-9-18(10-4-14)24-20-23-15(2)13-19(25-20)22-12-11-16-5-7-17(21)8-6-16/h3-10,13H,11-12H2,1-2H3,(H2,22,23,24,25). The van der Waals surface area contributed by atoms with E-state index in [4.69, 9.17) is 11.6 Å². The third-order valence-electron chi connectivity index (χ3n) is 3.79. The van der Waals surface area contributed by atoms with Crippen LogP contribution in [0.5, 0.6) is 0 Å². The minimum Gasteiger partial charge on any atom is -0.370 e. The van der Waals surface area contributed by atoms with Crippen LogP contribution in [0.15, 0.2) is 54.6 Å². The Morgan fingerprint density at radius 3 is 2.36 bits per heavy atom. The number of aryl methyl sites for hydroxylation is 2. The number of anilines is 3. The molecule has 1 aromatic heterocycles. The van der Waals surface area contributed by atoms with Gasteiger partial charge in [0.15, 0.2) is 0 Å². The van der Waals surface area contributed by atoms with Crippen LogP contribution in [0.1, 0.15) is 16.8 Å². The van der Waals surface area contributed by atoms with E-state index in [1.807, 2.05) is 49.4 Å². The zero-order chi connectivity index (χ0) is 17.6. The summed E-state index contributed by atoms with van der Waals surface area (Å²) in [6, 6.07) is 18.0. The summed E-state index contributed by atoms with van der Waals surface area (Å²) in [6.45, 7) is 4.82. The summed E-state index contributed by atoms with van der Waals surface area (Å²) < 4.78 is 0. The minimum atomic E-state index is 0.595. The molecule has 128 valence electrons. The minimum absolute atomic E-state index is 0.595. The maximum Gasteiger partial charge on any atom is 0.229 e. The highest BCUT2D eigenvalue weighted by molar-refractivity contribution is 6.30. The smallest absolute Gasteiger partial charge is 0.229 e. The molecule has 3 aromatic rings. The van der Waals surface area contributed by atoms with Gasteiger partial charge in [0.1, 0.15) is 5.82 Å². The van der Waals surface area contributed by atoms with Gasteiger partial charge in [-0.2, -0.15) is 4.98 Å². The number of nitrogens with one attached hydrogen (secondary N) is 2. The van der Waals surface area contributed by atoms with Gasteiger partial charge < -0.3 is 10.6 Å². The molecule has 0 saturated heterocycles. The summed E-state index contributed by atoms with van der Waals surface area (Å²) >= 11 is 5.91. The Hall–Kier alpha value is -2.59. The topological polar surface area (TPSA) is 49.8 Å². The van der Waals surface area contributed by atoms with E-state index in [-0.39, 0.29) is 0 Å². The molecule has 4 nitrogen and oxygen atoms in total. The summed E-state index contributed by atoms with van der Waals surface area (Å²) in [5.41, 5.74) is 4.35. The van der Waals surface area contributed by atoms with Gasteiger partial charge in [-0.1, -0.05) is 41.4 Å². The molecule has 0 spiro atoms. The zero-order valence-electron chi connectivity index (χ0n) is 14.4. The molecule has 1 heterocycles. The van der Waals surface area contributed by atoms with E-state index in [0.717, 1.165) is 35.2 Å². The Morgan fingerprint density at radius 2 is 1.64 bits per heavy atom. The molecule has 3 rings (SSSR count). The Morgan fingerprint density at radius 1 is 0.920 bits per heavy atom. The quantitative estimate of drug-likeness (QED) is 0.644. The number of benzene rings is 2. The Bertz CT molecular complexity index is 829. The average molecular weight is 353 g/mol. The van der Waals surface area contributed by atoms with Crippen LogP contribution in [0.4, 0.5) is 17.5 Å². The lowest BCUT2D eigenvalue weighted by molar-refractivity contribution is 0.995. The van der Waals surface area contributed by atoms with Crippen LogP contribution in [-0.2, 0) is 6.42 Å². The molecule has 0 amide bonds. The van der Waals surface area contributed by atoms with E-state index < -0.39 is 0 Å². The Kier molecular flexibility index (Phi) is 5.51. The largest absolute Gasteiger partial charge is 0.370 e. The molecular weight excluding hydrogens is 332 g/mol. The van der Waals surface area contributed by atoms with Gasteiger partial charge >= 0.3 is 0 Å². The van der Waals surface area contributed by atoms with Crippen LogP contribution in [0.3, 0.4) is 0 Å². The summed E-state index contributed by atoms with van der Waals surface area (Å²) in [4.78, 5) is 8.99. The molecule has 0 saturated carbocycles. The first-order valence-corrected chi connectivity index (χ1v) is 8.64. The number of nitrogens with zero attached hydrogens (tertiary/aromatic N) is 2.